The lowest BCUT2D eigenvalue weighted by Gasteiger charge is -2.25. The number of carbonyl (C=O) groups is 2. The van der Waals surface area contributed by atoms with E-state index in [1.54, 1.807) is 12.1 Å². The number of hydrogen-bond acceptors (Lipinski definition) is 6. The van der Waals surface area contributed by atoms with E-state index in [4.69, 9.17) is 9.84 Å². The van der Waals surface area contributed by atoms with Crippen LogP contribution in [0.25, 0.3) is 10.2 Å². The van der Waals surface area contributed by atoms with E-state index in [9.17, 15) is 9.59 Å². The number of hydrogen-bond donors (Lipinski definition) is 4. The second kappa shape index (κ2) is 7.37. The van der Waals surface area contributed by atoms with E-state index in [0.717, 1.165) is 29.9 Å². The predicted molar refractivity (Wildman–Crippen MR) is 103 cm³/mol. The van der Waals surface area contributed by atoms with Crippen LogP contribution in [0.15, 0.2) is 30.3 Å². The minimum absolute atomic E-state index is 0.190. The minimum atomic E-state index is -1.01. The number of thiophene rings is 1. The summed E-state index contributed by atoms with van der Waals surface area (Å²) in [6, 6.07) is 9.07. The first-order valence-corrected chi connectivity index (χ1v) is 9.39. The molecule has 1 aliphatic heterocycles. The molecule has 1 fully saturated rings. The van der Waals surface area contributed by atoms with Crippen LogP contribution in [0.3, 0.4) is 0 Å². The summed E-state index contributed by atoms with van der Waals surface area (Å²) in [7, 11) is 0. The van der Waals surface area contributed by atoms with Gasteiger partial charge in [0.05, 0.1) is 10.9 Å². The summed E-state index contributed by atoms with van der Waals surface area (Å²) in [4.78, 5) is 24.7. The largest absolute Gasteiger partial charge is 0.477 e. The molecule has 4 N–H and O–H groups in total. The van der Waals surface area contributed by atoms with Crippen molar-refractivity contribution >= 4 is 44.9 Å². The summed E-state index contributed by atoms with van der Waals surface area (Å²) in [5, 5.41) is 22.8. The molecule has 1 amide bonds. The highest BCUT2D eigenvalue weighted by Crippen LogP contribution is 2.30. The van der Waals surface area contributed by atoms with Crippen molar-refractivity contribution in [3.05, 3.63) is 40.8 Å². The van der Waals surface area contributed by atoms with Gasteiger partial charge in [0.1, 0.15) is 9.71 Å². The molecule has 0 unspecified atom stereocenters. The third-order valence-electron chi connectivity index (χ3n) is 4.45. The summed E-state index contributed by atoms with van der Waals surface area (Å²) < 4.78 is 5.37. The van der Waals surface area contributed by atoms with E-state index in [2.05, 4.69) is 20.8 Å². The summed E-state index contributed by atoms with van der Waals surface area (Å²) >= 11 is 1.08. The summed E-state index contributed by atoms with van der Waals surface area (Å²) in [5.74, 6) is -0.992. The number of aromatic carboxylic acids is 1. The number of carboxylic acid groups (broad SMARTS) is 1. The molecule has 0 aliphatic carbocycles. The van der Waals surface area contributed by atoms with Crippen molar-refractivity contribution in [2.45, 2.75) is 18.9 Å². The fourth-order valence-electron chi connectivity index (χ4n) is 3.06. The number of anilines is 2. The predicted octanol–water partition coefficient (Wildman–Crippen LogP) is 3.17. The van der Waals surface area contributed by atoms with Gasteiger partial charge >= 0.3 is 5.97 Å². The van der Waals surface area contributed by atoms with Crippen LogP contribution in [0.1, 0.15) is 32.9 Å². The number of para-hydroxylation sites is 1. The number of nitrogens with zero attached hydrogens (tertiary/aromatic N) is 1. The average molecular weight is 386 g/mol. The number of aromatic amines is 1. The van der Waals surface area contributed by atoms with Crippen LogP contribution in [-0.4, -0.2) is 46.4 Å². The third-order valence-corrected chi connectivity index (χ3v) is 5.48. The van der Waals surface area contributed by atoms with Gasteiger partial charge in [0.15, 0.2) is 5.82 Å². The van der Waals surface area contributed by atoms with Crippen LogP contribution in [0.4, 0.5) is 11.5 Å². The molecule has 0 spiro atoms. The van der Waals surface area contributed by atoms with Crippen molar-refractivity contribution in [1.82, 2.24) is 10.2 Å². The number of aromatic nitrogens is 2. The number of carbonyl (C=O) groups excluding carboxylic acids is 1. The molecule has 27 heavy (non-hydrogen) atoms. The fraction of sp³-hybridized carbons (Fsp3) is 0.278. The molecule has 3 aromatic rings. The van der Waals surface area contributed by atoms with Crippen LogP contribution in [0.2, 0.25) is 0 Å². The minimum Gasteiger partial charge on any atom is -0.477 e. The molecule has 1 aromatic carbocycles. The molecule has 0 saturated carbocycles. The lowest BCUT2D eigenvalue weighted by atomic mass is 10.1. The highest BCUT2D eigenvalue weighted by molar-refractivity contribution is 7.20. The molecule has 140 valence electrons. The van der Waals surface area contributed by atoms with Crippen LogP contribution in [0.5, 0.6) is 0 Å². The maximum absolute atomic E-state index is 12.8. The van der Waals surface area contributed by atoms with Crippen molar-refractivity contribution in [2.24, 2.45) is 0 Å². The Labute approximate surface area is 158 Å². The summed E-state index contributed by atoms with van der Waals surface area (Å²) in [6.45, 7) is 1.42. The van der Waals surface area contributed by atoms with Crippen LogP contribution in [-0.2, 0) is 4.74 Å². The second-order valence-electron chi connectivity index (χ2n) is 6.26. The van der Waals surface area contributed by atoms with Crippen LogP contribution in [0, 0.1) is 0 Å². The molecule has 1 saturated heterocycles. The number of benzene rings is 1. The lowest BCUT2D eigenvalue weighted by Crippen LogP contribution is -2.29. The van der Waals surface area contributed by atoms with Crippen molar-refractivity contribution < 1.29 is 19.4 Å². The average Bonchev–Trinajstić information content (AvgIpc) is 3.25. The van der Waals surface area contributed by atoms with Crippen LogP contribution >= 0.6 is 11.3 Å². The van der Waals surface area contributed by atoms with E-state index in [-0.39, 0.29) is 16.8 Å². The van der Waals surface area contributed by atoms with Gasteiger partial charge in [0, 0.05) is 24.9 Å². The fourth-order valence-corrected chi connectivity index (χ4v) is 3.90. The highest BCUT2D eigenvalue weighted by atomic mass is 32.1. The van der Waals surface area contributed by atoms with E-state index in [0.29, 0.717) is 34.8 Å². The molecule has 0 radical (unpaired) electrons. The molecule has 2 aromatic heterocycles. The van der Waals surface area contributed by atoms with Gasteiger partial charge in [0.2, 0.25) is 0 Å². The topological polar surface area (TPSA) is 116 Å². The van der Waals surface area contributed by atoms with Gasteiger partial charge in [-0.2, -0.15) is 5.10 Å². The Morgan fingerprint density at radius 3 is 2.81 bits per heavy atom. The number of carboxylic acids is 1. The van der Waals surface area contributed by atoms with Gasteiger partial charge in [-0.25, -0.2) is 4.79 Å². The van der Waals surface area contributed by atoms with Crippen LogP contribution < -0.4 is 10.6 Å². The summed E-state index contributed by atoms with van der Waals surface area (Å²) in [6.07, 6.45) is 1.78. The second-order valence-corrected chi connectivity index (χ2v) is 7.31. The number of amides is 1. The van der Waals surface area contributed by atoms with Gasteiger partial charge in [-0.15, -0.1) is 11.3 Å². The lowest BCUT2D eigenvalue weighted by molar-refractivity contribution is 0.0702. The molecule has 9 heteroatoms. The number of fused-ring (bicyclic) bond motifs is 1. The first-order chi connectivity index (χ1) is 13.1. The molecule has 1 aliphatic rings. The zero-order chi connectivity index (χ0) is 18.8. The zero-order valence-corrected chi connectivity index (χ0v) is 15.1. The number of H-pyrrole nitrogens is 1. The van der Waals surface area contributed by atoms with Gasteiger partial charge in [-0.1, -0.05) is 12.1 Å². The van der Waals surface area contributed by atoms with E-state index in [1.807, 2.05) is 12.1 Å². The molecule has 0 atom stereocenters. The van der Waals surface area contributed by atoms with E-state index >= 15 is 0 Å². The highest BCUT2D eigenvalue weighted by Gasteiger charge is 2.20. The quantitative estimate of drug-likeness (QED) is 0.535. The molecule has 8 nitrogen and oxygen atoms in total. The third kappa shape index (κ3) is 3.64. The van der Waals surface area contributed by atoms with Gasteiger partial charge in [-0.05, 0) is 31.0 Å². The Hall–Kier alpha value is -2.91. The number of ether oxygens (including phenoxy) is 1. The van der Waals surface area contributed by atoms with Gasteiger partial charge in [0.25, 0.3) is 5.91 Å². The Balaban J connectivity index is 1.55. The molecular weight excluding hydrogens is 368 g/mol. The number of rotatable bonds is 5. The normalized spacial score (nSPS) is 15.0. The Kier molecular flexibility index (Phi) is 4.78. The SMILES string of the molecule is O=C(O)c1cc2c(NC(=O)c3ccccc3NC3CCOCC3)n[nH]c2s1. The van der Waals surface area contributed by atoms with Crippen molar-refractivity contribution in [3.63, 3.8) is 0 Å². The molecule has 0 bridgehead atoms. The maximum atomic E-state index is 12.8. The standard InChI is InChI=1S/C18H18N4O4S/c23-16(20-15-12-9-14(18(24)25)27-17(12)22-21-15)11-3-1-2-4-13(11)19-10-5-7-26-8-6-10/h1-4,9-10,19H,5-8H2,(H,24,25)(H2,20,21,22,23). The monoisotopic (exact) mass is 386 g/mol. The van der Waals surface area contributed by atoms with Crippen molar-refractivity contribution in [3.8, 4) is 0 Å². The first kappa shape index (κ1) is 17.5. The number of nitrogens with one attached hydrogen (secondary N) is 3. The van der Waals surface area contributed by atoms with E-state index in [1.165, 1.54) is 6.07 Å². The van der Waals surface area contributed by atoms with Crippen molar-refractivity contribution in [1.29, 1.82) is 0 Å². The Bertz CT molecular complexity index is 990. The summed E-state index contributed by atoms with van der Waals surface area (Å²) in [5.41, 5.74) is 1.26. The van der Waals surface area contributed by atoms with Crippen molar-refractivity contribution in [2.75, 3.05) is 23.8 Å². The smallest absolute Gasteiger partial charge is 0.345 e. The van der Waals surface area contributed by atoms with Gasteiger partial charge in [-0.3, -0.25) is 9.89 Å². The van der Waals surface area contributed by atoms with Gasteiger partial charge < -0.3 is 20.5 Å². The van der Waals surface area contributed by atoms with E-state index < -0.39 is 5.97 Å². The first-order valence-electron chi connectivity index (χ1n) is 8.57. The molecule has 4 rings (SSSR count). The maximum Gasteiger partial charge on any atom is 0.345 e. The Morgan fingerprint density at radius 2 is 2.04 bits per heavy atom. The molecule has 3 heterocycles. The zero-order valence-electron chi connectivity index (χ0n) is 14.3. The molecular formula is C18H18N4O4S. The Morgan fingerprint density at radius 1 is 1.26 bits per heavy atom.